The van der Waals surface area contributed by atoms with Crippen molar-refractivity contribution in [3.8, 4) is 0 Å². The van der Waals surface area contributed by atoms with Gasteiger partial charge in [0.05, 0.1) is 15.5 Å². The monoisotopic (exact) mass is 252 g/mol. The minimum Gasteiger partial charge on any atom is -0.298 e. The third kappa shape index (κ3) is 2.25. The smallest absolute Gasteiger partial charge is 0.145 e. The molecule has 0 aliphatic carbocycles. The lowest BCUT2D eigenvalue weighted by atomic mass is 10.2. The number of hydrogen-bond donors (Lipinski definition) is 0. The van der Waals surface area contributed by atoms with Gasteiger partial charge in [-0.15, -0.1) is 11.3 Å². The van der Waals surface area contributed by atoms with E-state index in [9.17, 15) is 4.79 Å². The highest BCUT2D eigenvalue weighted by molar-refractivity contribution is 8.00. The Morgan fingerprint density at radius 3 is 3.12 bits per heavy atom. The van der Waals surface area contributed by atoms with E-state index in [4.69, 9.17) is 0 Å². The summed E-state index contributed by atoms with van der Waals surface area (Å²) in [6.45, 7) is 3.82. The average molecular weight is 252 g/mol. The van der Waals surface area contributed by atoms with Crippen molar-refractivity contribution in [2.45, 2.75) is 30.5 Å². The minimum absolute atomic E-state index is 0.0369. The SMILES string of the molecule is CCC(=O)C(C)Sc1ncnc2ccsc12. The van der Waals surface area contributed by atoms with E-state index < -0.39 is 0 Å². The maximum atomic E-state index is 11.5. The number of thiophene rings is 1. The molecule has 16 heavy (non-hydrogen) atoms. The Balaban J connectivity index is 2.27. The van der Waals surface area contributed by atoms with E-state index in [0.717, 1.165) is 15.2 Å². The molecule has 5 heteroatoms. The Labute approximate surface area is 102 Å². The molecule has 0 aliphatic rings. The Morgan fingerprint density at radius 1 is 1.56 bits per heavy atom. The third-order valence-corrected chi connectivity index (χ3v) is 4.49. The lowest BCUT2D eigenvalue weighted by Crippen LogP contribution is -2.11. The van der Waals surface area contributed by atoms with Gasteiger partial charge in [0.15, 0.2) is 0 Å². The predicted octanol–water partition coefficient (Wildman–Crippen LogP) is 3.15. The molecule has 0 aromatic carbocycles. The summed E-state index contributed by atoms with van der Waals surface area (Å²) in [5.41, 5.74) is 0.957. The van der Waals surface area contributed by atoms with Crippen molar-refractivity contribution in [3.63, 3.8) is 0 Å². The number of hydrogen-bond acceptors (Lipinski definition) is 5. The van der Waals surface area contributed by atoms with E-state index in [1.54, 1.807) is 17.7 Å². The molecule has 0 N–H and O–H groups in total. The largest absolute Gasteiger partial charge is 0.298 e. The number of nitrogens with zero attached hydrogens (tertiary/aromatic N) is 2. The van der Waals surface area contributed by atoms with Crippen LogP contribution in [0, 0.1) is 0 Å². The number of thioether (sulfide) groups is 1. The number of carbonyl (C=O) groups is 1. The summed E-state index contributed by atoms with van der Waals surface area (Å²) in [4.78, 5) is 20.0. The summed E-state index contributed by atoms with van der Waals surface area (Å²) in [7, 11) is 0. The zero-order valence-electron chi connectivity index (χ0n) is 9.14. The van der Waals surface area contributed by atoms with Crippen LogP contribution in [0.1, 0.15) is 20.3 Å². The first-order chi connectivity index (χ1) is 7.72. The fraction of sp³-hybridized carbons (Fsp3) is 0.364. The van der Waals surface area contributed by atoms with Crippen LogP contribution < -0.4 is 0 Å². The Hall–Kier alpha value is -0.940. The standard InChI is InChI=1S/C11H12N2OS2/c1-3-9(14)7(2)16-11-10-8(4-5-15-10)12-6-13-11/h4-7H,3H2,1-2H3. The molecule has 0 fully saturated rings. The van der Waals surface area contributed by atoms with Gasteiger partial charge in [-0.3, -0.25) is 4.79 Å². The van der Waals surface area contributed by atoms with Crippen molar-refractivity contribution < 1.29 is 4.79 Å². The molecule has 2 rings (SSSR count). The van der Waals surface area contributed by atoms with Crippen molar-refractivity contribution in [2.24, 2.45) is 0 Å². The number of aromatic nitrogens is 2. The fourth-order valence-corrected chi connectivity index (χ4v) is 3.34. The molecule has 0 saturated heterocycles. The van der Waals surface area contributed by atoms with Crippen molar-refractivity contribution in [2.75, 3.05) is 0 Å². The van der Waals surface area contributed by atoms with Gasteiger partial charge in [0.2, 0.25) is 0 Å². The fourth-order valence-electron chi connectivity index (χ4n) is 1.37. The van der Waals surface area contributed by atoms with Crippen LogP contribution in [-0.4, -0.2) is 21.0 Å². The summed E-state index contributed by atoms with van der Waals surface area (Å²) >= 11 is 3.14. The maximum Gasteiger partial charge on any atom is 0.145 e. The van der Waals surface area contributed by atoms with Gasteiger partial charge in [-0.25, -0.2) is 9.97 Å². The summed E-state index contributed by atoms with van der Waals surface area (Å²) in [5, 5.41) is 2.87. The van der Waals surface area contributed by atoms with E-state index >= 15 is 0 Å². The molecule has 0 aliphatic heterocycles. The summed E-state index contributed by atoms with van der Waals surface area (Å²) < 4.78 is 1.07. The highest BCUT2D eigenvalue weighted by atomic mass is 32.2. The lowest BCUT2D eigenvalue weighted by Gasteiger charge is -2.08. The van der Waals surface area contributed by atoms with E-state index in [1.807, 2.05) is 25.3 Å². The predicted molar refractivity (Wildman–Crippen MR) is 68.0 cm³/mol. The maximum absolute atomic E-state index is 11.5. The quantitative estimate of drug-likeness (QED) is 0.619. The molecule has 1 atom stereocenters. The van der Waals surface area contributed by atoms with E-state index in [-0.39, 0.29) is 11.0 Å². The van der Waals surface area contributed by atoms with Crippen molar-refractivity contribution >= 4 is 39.1 Å². The number of carbonyl (C=O) groups excluding carboxylic acids is 1. The molecular formula is C11H12N2OS2. The number of Topliss-reactive ketones (excluding diaryl/α,β-unsaturated/α-hetero) is 1. The molecule has 2 aromatic rings. The first-order valence-corrected chi connectivity index (χ1v) is 6.86. The highest BCUT2D eigenvalue weighted by Crippen LogP contribution is 2.31. The van der Waals surface area contributed by atoms with Gasteiger partial charge in [-0.2, -0.15) is 0 Å². The third-order valence-electron chi connectivity index (χ3n) is 2.30. The van der Waals surface area contributed by atoms with Gasteiger partial charge in [0, 0.05) is 6.42 Å². The van der Waals surface area contributed by atoms with Crippen LogP contribution in [0.3, 0.4) is 0 Å². The van der Waals surface area contributed by atoms with Gasteiger partial charge in [0.1, 0.15) is 17.1 Å². The molecule has 0 saturated carbocycles. The second kappa shape index (κ2) is 4.93. The molecule has 0 radical (unpaired) electrons. The van der Waals surface area contributed by atoms with Gasteiger partial charge < -0.3 is 0 Å². The summed E-state index contributed by atoms with van der Waals surface area (Å²) in [6.07, 6.45) is 2.13. The van der Waals surface area contributed by atoms with Crippen LogP contribution in [-0.2, 0) is 4.79 Å². The average Bonchev–Trinajstić information content (AvgIpc) is 2.77. The Bertz CT molecular complexity index is 509. The van der Waals surface area contributed by atoms with Crippen LogP contribution >= 0.6 is 23.1 Å². The first-order valence-electron chi connectivity index (χ1n) is 5.10. The molecule has 84 valence electrons. The first kappa shape index (κ1) is 11.5. The summed E-state index contributed by atoms with van der Waals surface area (Å²) in [6, 6.07) is 1.97. The molecule has 0 bridgehead atoms. The van der Waals surface area contributed by atoms with E-state index in [0.29, 0.717) is 6.42 Å². The van der Waals surface area contributed by atoms with Crippen molar-refractivity contribution in [3.05, 3.63) is 17.8 Å². The molecule has 0 amide bonds. The van der Waals surface area contributed by atoms with Crippen LogP contribution in [0.2, 0.25) is 0 Å². The van der Waals surface area contributed by atoms with Gasteiger partial charge in [-0.1, -0.05) is 18.7 Å². The molecular weight excluding hydrogens is 240 g/mol. The van der Waals surface area contributed by atoms with Crippen LogP contribution in [0.4, 0.5) is 0 Å². The molecule has 1 unspecified atom stereocenters. The number of rotatable bonds is 4. The van der Waals surface area contributed by atoms with Crippen LogP contribution in [0.25, 0.3) is 10.2 Å². The topological polar surface area (TPSA) is 42.9 Å². The second-order valence-electron chi connectivity index (χ2n) is 3.39. The Kier molecular flexibility index (Phi) is 3.56. The zero-order valence-corrected chi connectivity index (χ0v) is 10.8. The van der Waals surface area contributed by atoms with Gasteiger partial charge in [0.25, 0.3) is 0 Å². The molecule has 2 heterocycles. The highest BCUT2D eigenvalue weighted by Gasteiger charge is 2.15. The van der Waals surface area contributed by atoms with Crippen molar-refractivity contribution in [1.29, 1.82) is 0 Å². The van der Waals surface area contributed by atoms with E-state index in [2.05, 4.69) is 9.97 Å². The second-order valence-corrected chi connectivity index (χ2v) is 5.64. The lowest BCUT2D eigenvalue weighted by molar-refractivity contribution is -0.117. The van der Waals surface area contributed by atoms with Crippen molar-refractivity contribution in [1.82, 2.24) is 9.97 Å². The van der Waals surface area contributed by atoms with Crippen LogP contribution in [0.15, 0.2) is 22.8 Å². The zero-order chi connectivity index (χ0) is 11.5. The summed E-state index contributed by atoms with van der Waals surface area (Å²) in [5.74, 6) is 0.258. The van der Waals surface area contributed by atoms with Gasteiger partial charge in [-0.05, 0) is 18.4 Å². The molecule has 2 aromatic heterocycles. The number of ketones is 1. The van der Waals surface area contributed by atoms with Gasteiger partial charge >= 0.3 is 0 Å². The molecule has 3 nitrogen and oxygen atoms in total. The number of fused-ring (bicyclic) bond motifs is 1. The molecule has 0 spiro atoms. The van der Waals surface area contributed by atoms with E-state index in [1.165, 1.54) is 11.8 Å². The normalized spacial score (nSPS) is 12.9. The van der Waals surface area contributed by atoms with Crippen LogP contribution in [0.5, 0.6) is 0 Å². The Morgan fingerprint density at radius 2 is 2.38 bits per heavy atom. The minimum atomic E-state index is -0.0369.